The van der Waals surface area contributed by atoms with Crippen molar-refractivity contribution in [2.45, 2.75) is 37.0 Å². The number of piperidine rings is 1. The van der Waals surface area contributed by atoms with Crippen LogP contribution in [0.5, 0.6) is 0 Å². The van der Waals surface area contributed by atoms with Crippen molar-refractivity contribution in [3.05, 3.63) is 54.1 Å². The lowest BCUT2D eigenvalue weighted by molar-refractivity contribution is 0.222. The van der Waals surface area contributed by atoms with Gasteiger partial charge in [-0.3, -0.25) is 4.72 Å². The molecular weight excluding hydrogens is 396 g/mol. The van der Waals surface area contributed by atoms with Crippen molar-refractivity contribution in [2.24, 2.45) is 11.8 Å². The number of nitrogens with one attached hydrogen (secondary N) is 1. The molecule has 0 aliphatic carbocycles. The van der Waals surface area contributed by atoms with E-state index in [9.17, 15) is 16.8 Å². The van der Waals surface area contributed by atoms with E-state index in [4.69, 9.17) is 0 Å². The summed E-state index contributed by atoms with van der Waals surface area (Å²) < 4.78 is 54.8. The Balaban J connectivity index is 1.78. The molecular formula is C20H26N2O4S2. The fourth-order valence-corrected chi connectivity index (χ4v) is 6.32. The lowest BCUT2D eigenvalue weighted by Crippen LogP contribution is -2.42. The Kier molecular flexibility index (Phi) is 5.84. The monoisotopic (exact) mass is 422 g/mol. The molecule has 0 aromatic heterocycles. The predicted molar refractivity (Wildman–Crippen MR) is 110 cm³/mol. The third kappa shape index (κ3) is 4.56. The van der Waals surface area contributed by atoms with Crippen LogP contribution in [0.4, 0.5) is 5.69 Å². The molecule has 1 aliphatic rings. The van der Waals surface area contributed by atoms with Gasteiger partial charge in [0.05, 0.1) is 9.79 Å². The molecule has 0 bridgehead atoms. The van der Waals surface area contributed by atoms with Crippen LogP contribution in [0.2, 0.25) is 0 Å². The molecule has 1 fully saturated rings. The molecule has 6 nitrogen and oxygen atoms in total. The standard InChI is InChI=1S/C20H26N2O4S2/c1-15-4-8-19(9-5-15)27(23,24)21-18-6-10-20(11-7-18)28(25,26)22-13-16(2)12-17(3)14-22/h4-11,16-17,21H,12-14H2,1-3H3. The molecule has 1 heterocycles. The van der Waals surface area contributed by atoms with Crippen molar-refractivity contribution in [3.63, 3.8) is 0 Å². The second kappa shape index (κ2) is 7.85. The maximum Gasteiger partial charge on any atom is 0.261 e. The molecule has 8 heteroatoms. The normalized spacial score (nSPS) is 21.4. The molecule has 1 saturated heterocycles. The van der Waals surface area contributed by atoms with Crippen molar-refractivity contribution < 1.29 is 16.8 Å². The number of hydrogen-bond acceptors (Lipinski definition) is 4. The van der Waals surface area contributed by atoms with Crippen LogP contribution in [0.3, 0.4) is 0 Å². The van der Waals surface area contributed by atoms with Crippen molar-refractivity contribution in [2.75, 3.05) is 17.8 Å². The Morgan fingerprint density at radius 2 is 1.32 bits per heavy atom. The topological polar surface area (TPSA) is 83.5 Å². The highest BCUT2D eigenvalue weighted by Gasteiger charge is 2.31. The third-order valence-corrected chi connectivity index (χ3v) is 8.15. The highest BCUT2D eigenvalue weighted by Crippen LogP contribution is 2.27. The summed E-state index contributed by atoms with van der Waals surface area (Å²) in [6, 6.07) is 12.4. The van der Waals surface area contributed by atoms with Crippen LogP contribution in [0.1, 0.15) is 25.8 Å². The summed E-state index contributed by atoms with van der Waals surface area (Å²) in [5, 5.41) is 0. The molecule has 0 saturated carbocycles. The zero-order valence-electron chi connectivity index (χ0n) is 16.3. The predicted octanol–water partition coefficient (Wildman–Crippen LogP) is 3.46. The molecule has 0 spiro atoms. The van der Waals surface area contributed by atoms with E-state index in [0.717, 1.165) is 12.0 Å². The zero-order valence-corrected chi connectivity index (χ0v) is 17.9. The van der Waals surface area contributed by atoms with Gasteiger partial charge in [0.15, 0.2) is 0 Å². The van der Waals surface area contributed by atoms with Gasteiger partial charge in [-0.2, -0.15) is 4.31 Å². The Hall–Kier alpha value is -1.90. The van der Waals surface area contributed by atoms with Crippen molar-refractivity contribution in [3.8, 4) is 0 Å². The van der Waals surface area contributed by atoms with Gasteiger partial charge in [-0.1, -0.05) is 31.5 Å². The Morgan fingerprint density at radius 3 is 1.86 bits per heavy atom. The second-order valence-corrected chi connectivity index (χ2v) is 11.3. The second-order valence-electron chi connectivity index (χ2n) is 7.71. The molecule has 2 atom stereocenters. The van der Waals surface area contributed by atoms with Gasteiger partial charge in [-0.25, -0.2) is 16.8 Å². The van der Waals surface area contributed by atoms with Crippen LogP contribution in [-0.4, -0.2) is 34.2 Å². The first-order valence-electron chi connectivity index (χ1n) is 9.27. The molecule has 0 amide bonds. The van der Waals surface area contributed by atoms with Crippen molar-refractivity contribution >= 4 is 25.7 Å². The van der Waals surface area contributed by atoms with E-state index in [1.807, 2.05) is 6.92 Å². The smallest absolute Gasteiger partial charge is 0.261 e. The fraction of sp³-hybridized carbons (Fsp3) is 0.400. The van der Waals surface area contributed by atoms with E-state index < -0.39 is 20.0 Å². The molecule has 152 valence electrons. The highest BCUT2D eigenvalue weighted by atomic mass is 32.2. The number of anilines is 1. The van der Waals surface area contributed by atoms with Crippen molar-refractivity contribution in [1.82, 2.24) is 4.31 Å². The van der Waals surface area contributed by atoms with E-state index in [-0.39, 0.29) is 9.79 Å². The lowest BCUT2D eigenvalue weighted by atomic mass is 9.94. The lowest BCUT2D eigenvalue weighted by Gasteiger charge is -2.34. The number of sulfonamides is 2. The fourth-order valence-electron chi connectivity index (χ4n) is 3.58. The van der Waals surface area contributed by atoms with E-state index >= 15 is 0 Å². The van der Waals surface area contributed by atoms with Crippen LogP contribution in [0, 0.1) is 18.8 Å². The number of rotatable bonds is 5. The van der Waals surface area contributed by atoms with Crippen LogP contribution in [0.15, 0.2) is 58.3 Å². The summed E-state index contributed by atoms with van der Waals surface area (Å²) in [6.07, 6.45) is 1.02. The van der Waals surface area contributed by atoms with Crippen molar-refractivity contribution in [1.29, 1.82) is 0 Å². The molecule has 28 heavy (non-hydrogen) atoms. The minimum atomic E-state index is -3.72. The highest BCUT2D eigenvalue weighted by molar-refractivity contribution is 7.92. The van der Waals surface area contributed by atoms with Crippen LogP contribution < -0.4 is 4.72 Å². The Morgan fingerprint density at radius 1 is 0.821 bits per heavy atom. The van der Waals surface area contributed by atoms with E-state index in [1.54, 1.807) is 12.1 Å². The first kappa shape index (κ1) is 20.8. The van der Waals surface area contributed by atoms with Crippen LogP contribution in [0.25, 0.3) is 0 Å². The number of aryl methyl sites for hydroxylation is 1. The largest absolute Gasteiger partial charge is 0.280 e. The van der Waals surface area contributed by atoms with Gasteiger partial charge in [0.2, 0.25) is 10.0 Å². The summed E-state index contributed by atoms with van der Waals surface area (Å²) in [6.45, 7) is 7.01. The Labute approximate surface area is 167 Å². The van der Waals surface area contributed by atoms with Gasteiger partial charge >= 0.3 is 0 Å². The van der Waals surface area contributed by atoms with E-state index in [1.165, 1.54) is 40.7 Å². The SMILES string of the molecule is Cc1ccc(S(=O)(=O)Nc2ccc(S(=O)(=O)N3CC(C)CC(C)C3)cc2)cc1. The number of nitrogens with zero attached hydrogens (tertiary/aromatic N) is 1. The average Bonchev–Trinajstić information content (AvgIpc) is 2.61. The van der Waals surface area contributed by atoms with Gasteiger partial charge in [-0.05, 0) is 61.6 Å². The van der Waals surface area contributed by atoms with Crippen LogP contribution in [-0.2, 0) is 20.0 Å². The minimum Gasteiger partial charge on any atom is -0.280 e. The summed E-state index contributed by atoms with van der Waals surface area (Å²) >= 11 is 0. The molecule has 1 aliphatic heterocycles. The van der Waals surface area contributed by atoms with Gasteiger partial charge in [-0.15, -0.1) is 0 Å². The maximum atomic E-state index is 12.9. The first-order valence-corrected chi connectivity index (χ1v) is 12.2. The molecule has 2 aromatic carbocycles. The summed E-state index contributed by atoms with van der Waals surface area (Å²) in [5.41, 5.74) is 1.29. The summed E-state index contributed by atoms with van der Waals surface area (Å²) in [7, 11) is -7.31. The molecule has 2 aromatic rings. The Bertz CT molecular complexity index is 1020. The van der Waals surface area contributed by atoms with Gasteiger partial charge in [0, 0.05) is 18.8 Å². The zero-order chi connectivity index (χ0) is 20.5. The van der Waals surface area contributed by atoms with Crippen LogP contribution >= 0.6 is 0 Å². The van der Waals surface area contributed by atoms with E-state index in [2.05, 4.69) is 18.6 Å². The average molecular weight is 423 g/mol. The van der Waals surface area contributed by atoms with Gasteiger partial charge < -0.3 is 0 Å². The quantitative estimate of drug-likeness (QED) is 0.800. The molecule has 3 rings (SSSR count). The van der Waals surface area contributed by atoms with Gasteiger partial charge in [0.1, 0.15) is 0 Å². The summed E-state index contributed by atoms with van der Waals surface area (Å²) in [5.74, 6) is 0.637. The molecule has 2 unspecified atom stereocenters. The van der Waals surface area contributed by atoms with Gasteiger partial charge in [0.25, 0.3) is 10.0 Å². The number of hydrogen-bond donors (Lipinski definition) is 1. The third-order valence-electron chi connectivity index (χ3n) is 4.91. The minimum absolute atomic E-state index is 0.158. The molecule has 1 N–H and O–H groups in total. The first-order chi connectivity index (χ1) is 13.1. The maximum absolute atomic E-state index is 12.9. The van der Waals surface area contributed by atoms with E-state index in [0.29, 0.717) is 30.6 Å². The number of benzene rings is 2. The summed E-state index contributed by atoms with van der Waals surface area (Å²) in [4.78, 5) is 0.332. The molecule has 0 radical (unpaired) electrons.